The Kier molecular flexibility index (Phi) is 3.37. The van der Waals surface area contributed by atoms with E-state index in [1.54, 1.807) is 12.1 Å². The molecule has 0 amide bonds. The van der Waals surface area contributed by atoms with Crippen LogP contribution in [0.4, 0.5) is 0 Å². The molecule has 16 heavy (non-hydrogen) atoms. The molecule has 1 aromatic carbocycles. The van der Waals surface area contributed by atoms with Gasteiger partial charge in [0.25, 0.3) is 0 Å². The number of phenols is 1. The van der Waals surface area contributed by atoms with Gasteiger partial charge in [0, 0.05) is 6.07 Å². The van der Waals surface area contributed by atoms with Crippen LogP contribution in [0.25, 0.3) is 0 Å². The van der Waals surface area contributed by atoms with Crippen LogP contribution < -0.4 is 4.74 Å². The van der Waals surface area contributed by atoms with Crippen LogP contribution >= 0.6 is 0 Å². The zero-order chi connectivity index (χ0) is 11.5. The fourth-order valence-corrected chi connectivity index (χ4v) is 2.48. The second-order valence-electron chi connectivity index (χ2n) is 4.98. The van der Waals surface area contributed by atoms with Gasteiger partial charge in [0.2, 0.25) is 0 Å². The number of ether oxygens (including phenoxy) is 1. The van der Waals surface area contributed by atoms with Crippen molar-refractivity contribution in [2.45, 2.75) is 33.1 Å². The van der Waals surface area contributed by atoms with Gasteiger partial charge in [-0.3, -0.25) is 0 Å². The van der Waals surface area contributed by atoms with Crippen LogP contribution in [0.3, 0.4) is 0 Å². The van der Waals surface area contributed by atoms with Crippen molar-refractivity contribution in [2.24, 2.45) is 11.8 Å². The first-order valence-corrected chi connectivity index (χ1v) is 6.08. The summed E-state index contributed by atoms with van der Waals surface area (Å²) in [4.78, 5) is 0. The Hall–Kier alpha value is -1.18. The van der Waals surface area contributed by atoms with Gasteiger partial charge in [-0.05, 0) is 42.9 Å². The first-order valence-electron chi connectivity index (χ1n) is 6.08. The van der Waals surface area contributed by atoms with E-state index in [-0.39, 0.29) is 5.75 Å². The number of aryl methyl sites for hydroxylation is 1. The summed E-state index contributed by atoms with van der Waals surface area (Å²) < 4.78 is 5.76. The minimum atomic E-state index is 0.287. The summed E-state index contributed by atoms with van der Waals surface area (Å²) in [5.41, 5.74) is 1.04. The molecule has 0 saturated heterocycles. The molecule has 1 aromatic rings. The van der Waals surface area contributed by atoms with E-state index in [4.69, 9.17) is 4.74 Å². The van der Waals surface area contributed by atoms with Gasteiger partial charge in [0.1, 0.15) is 11.5 Å². The Balaban J connectivity index is 1.94. The summed E-state index contributed by atoms with van der Waals surface area (Å²) in [5.74, 6) is 2.53. The maximum atomic E-state index is 9.46. The smallest absolute Gasteiger partial charge is 0.123 e. The van der Waals surface area contributed by atoms with Gasteiger partial charge in [-0.1, -0.05) is 19.8 Å². The van der Waals surface area contributed by atoms with E-state index in [0.717, 1.165) is 23.8 Å². The molecule has 0 radical (unpaired) electrons. The first kappa shape index (κ1) is 11.3. The second-order valence-corrected chi connectivity index (χ2v) is 4.98. The van der Waals surface area contributed by atoms with Gasteiger partial charge in [-0.15, -0.1) is 0 Å². The molecule has 0 heterocycles. The van der Waals surface area contributed by atoms with Crippen LogP contribution in [0.2, 0.25) is 0 Å². The van der Waals surface area contributed by atoms with E-state index in [2.05, 4.69) is 6.92 Å². The number of rotatable bonds is 3. The quantitative estimate of drug-likeness (QED) is 0.844. The zero-order valence-electron chi connectivity index (χ0n) is 10.1. The lowest BCUT2D eigenvalue weighted by atomic mass is 9.99. The highest BCUT2D eigenvalue weighted by molar-refractivity contribution is 5.36. The Morgan fingerprint density at radius 2 is 2.12 bits per heavy atom. The van der Waals surface area contributed by atoms with Crippen molar-refractivity contribution in [1.29, 1.82) is 0 Å². The molecule has 88 valence electrons. The van der Waals surface area contributed by atoms with E-state index in [0.29, 0.717) is 5.92 Å². The van der Waals surface area contributed by atoms with E-state index in [1.807, 2.05) is 13.0 Å². The van der Waals surface area contributed by atoms with Crippen LogP contribution in [-0.4, -0.2) is 11.7 Å². The normalized spacial score (nSPS) is 24.6. The first-order chi connectivity index (χ1) is 7.65. The largest absolute Gasteiger partial charge is 0.508 e. The van der Waals surface area contributed by atoms with Crippen molar-refractivity contribution in [3.63, 3.8) is 0 Å². The summed E-state index contributed by atoms with van der Waals surface area (Å²) in [5, 5.41) is 9.46. The van der Waals surface area contributed by atoms with Crippen LogP contribution in [0, 0.1) is 18.8 Å². The van der Waals surface area contributed by atoms with Gasteiger partial charge < -0.3 is 9.84 Å². The highest BCUT2D eigenvalue weighted by Crippen LogP contribution is 2.32. The predicted molar refractivity (Wildman–Crippen MR) is 64.8 cm³/mol. The lowest BCUT2D eigenvalue weighted by Crippen LogP contribution is -2.14. The molecule has 0 spiro atoms. The van der Waals surface area contributed by atoms with Gasteiger partial charge in [-0.25, -0.2) is 0 Å². The number of benzene rings is 1. The maximum Gasteiger partial charge on any atom is 0.123 e. The van der Waals surface area contributed by atoms with Crippen LogP contribution in [0.1, 0.15) is 31.7 Å². The van der Waals surface area contributed by atoms with Gasteiger partial charge in [0.15, 0.2) is 0 Å². The average Bonchev–Trinajstić information content (AvgIpc) is 2.59. The Morgan fingerprint density at radius 1 is 1.31 bits per heavy atom. The molecule has 2 unspecified atom stereocenters. The minimum Gasteiger partial charge on any atom is -0.508 e. The summed E-state index contributed by atoms with van der Waals surface area (Å²) in [6, 6.07) is 5.40. The predicted octanol–water partition coefficient (Wildman–Crippen LogP) is 3.52. The third kappa shape index (κ3) is 2.69. The van der Waals surface area contributed by atoms with Gasteiger partial charge in [-0.2, -0.15) is 0 Å². The van der Waals surface area contributed by atoms with Crippen molar-refractivity contribution in [1.82, 2.24) is 0 Å². The summed E-state index contributed by atoms with van der Waals surface area (Å²) in [6.07, 6.45) is 3.93. The van der Waals surface area contributed by atoms with Gasteiger partial charge in [0.05, 0.1) is 6.61 Å². The Bertz CT molecular complexity index is 340. The summed E-state index contributed by atoms with van der Waals surface area (Å²) >= 11 is 0. The molecule has 1 fully saturated rings. The van der Waals surface area contributed by atoms with E-state index >= 15 is 0 Å². The molecular formula is C14H20O2. The highest BCUT2D eigenvalue weighted by Gasteiger charge is 2.23. The van der Waals surface area contributed by atoms with E-state index in [9.17, 15) is 5.11 Å². The molecule has 2 atom stereocenters. The monoisotopic (exact) mass is 220 g/mol. The van der Waals surface area contributed by atoms with Crippen LogP contribution in [0.15, 0.2) is 18.2 Å². The molecule has 0 aromatic heterocycles. The second kappa shape index (κ2) is 4.77. The molecule has 0 aliphatic heterocycles. The number of hydrogen-bond acceptors (Lipinski definition) is 2. The fourth-order valence-electron chi connectivity index (χ4n) is 2.48. The standard InChI is InChI=1S/C14H20O2/c1-10-6-13(15)8-14(7-10)16-9-12-5-3-4-11(12)2/h6-8,11-12,15H,3-5,9H2,1-2H3. The Labute approximate surface area is 97.3 Å². The third-order valence-electron chi connectivity index (χ3n) is 3.54. The molecule has 1 saturated carbocycles. The van der Waals surface area contributed by atoms with E-state index < -0.39 is 0 Å². The maximum absolute atomic E-state index is 9.46. The molecule has 1 N–H and O–H groups in total. The number of aromatic hydroxyl groups is 1. The molecular weight excluding hydrogens is 200 g/mol. The SMILES string of the molecule is Cc1cc(O)cc(OCC2CCCC2C)c1. The molecule has 1 aliphatic rings. The minimum absolute atomic E-state index is 0.287. The number of phenolic OH excluding ortho intramolecular Hbond substituents is 1. The summed E-state index contributed by atoms with van der Waals surface area (Å²) in [7, 11) is 0. The molecule has 2 rings (SSSR count). The van der Waals surface area contributed by atoms with Gasteiger partial charge >= 0.3 is 0 Å². The highest BCUT2D eigenvalue weighted by atomic mass is 16.5. The van der Waals surface area contributed by atoms with E-state index in [1.165, 1.54) is 19.3 Å². The van der Waals surface area contributed by atoms with Crippen LogP contribution in [0.5, 0.6) is 11.5 Å². The molecule has 1 aliphatic carbocycles. The average molecular weight is 220 g/mol. The van der Waals surface area contributed by atoms with Crippen molar-refractivity contribution in [3.05, 3.63) is 23.8 Å². The molecule has 2 nitrogen and oxygen atoms in total. The Morgan fingerprint density at radius 3 is 2.75 bits per heavy atom. The van der Waals surface area contributed by atoms with Crippen molar-refractivity contribution >= 4 is 0 Å². The van der Waals surface area contributed by atoms with Crippen molar-refractivity contribution in [2.75, 3.05) is 6.61 Å². The van der Waals surface area contributed by atoms with Crippen molar-refractivity contribution in [3.8, 4) is 11.5 Å². The zero-order valence-corrected chi connectivity index (χ0v) is 10.1. The molecule has 2 heteroatoms. The third-order valence-corrected chi connectivity index (χ3v) is 3.54. The topological polar surface area (TPSA) is 29.5 Å². The lowest BCUT2D eigenvalue weighted by molar-refractivity contribution is 0.221. The van der Waals surface area contributed by atoms with Crippen LogP contribution in [-0.2, 0) is 0 Å². The lowest BCUT2D eigenvalue weighted by Gasteiger charge is -2.16. The summed E-state index contributed by atoms with van der Waals surface area (Å²) in [6.45, 7) is 5.05. The fraction of sp³-hybridized carbons (Fsp3) is 0.571. The molecule has 0 bridgehead atoms. The number of hydrogen-bond donors (Lipinski definition) is 1. The van der Waals surface area contributed by atoms with Crippen molar-refractivity contribution < 1.29 is 9.84 Å².